The van der Waals surface area contributed by atoms with E-state index in [1.54, 1.807) is 45.1 Å². The van der Waals surface area contributed by atoms with Crippen molar-refractivity contribution in [3.63, 3.8) is 0 Å². The van der Waals surface area contributed by atoms with E-state index in [1.807, 2.05) is 82.3 Å². The Labute approximate surface area is 515 Å². The largest absolute Gasteiger partial charge is 0.497 e. The fourth-order valence-electron chi connectivity index (χ4n) is 10.2. The highest BCUT2D eigenvalue weighted by molar-refractivity contribution is 9.10. The summed E-state index contributed by atoms with van der Waals surface area (Å²) in [7, 11) is 3.32. The highest BCUT2D eigenvalue weighted by Crippen LogP contribution is 2.33. The average molecular weight is 1270 g/mol. The fourth-order valence-corrected chi connectivity index (χ4v) is 11.0. The minimum Gasteiger partial charge on any atom is -0.497 e. The highest BCUT2D eigenvalue weighted by Gasteiger charge is 2.30. The first kappa shape index (κ1) is 59.7. The monoisotopic (exact) mass is 1270 g/mol. The van der Waals surface area contributed by atoms with Crippen molar-refractivity contribution in [1.82, 2.24) is 69.6 Å². The van der Waals surface area contributed by atoms with Crippen molar-refractivity contribution in [1.29, 1.82) is 0 Å². The second-order valence-electron chi connectivity index (χ2n) is 22.8. The molecule has 86 heavy (non-hydrogen) atoms. The zero-order valence-electron chi connectivity index (χ0n) is 48.6. The second kappa shape index (κ2) is 25.5. The minimum atomic E-state index is -0.135. The first-order chi connectivity index (χ1) is 41.4. The highest BCUT2D eigenvalue weighted by atomic mass is 79.9. The molecule has 9 N–H and O–H groups in total. The van der Waals surface area contributed by atoms with Gasteiger partial charge in [-0.05, 0) is 135 Å². The van der Waals surface area contributed by atoms with Gasteiger partial charge in [0.25, 0.3) is 0 Å². The average Bonchev–Trinajstić information content (AvgIpc) is 4.35. The Morgan fingerprint density at radius 2 is 0.965 bits per heavy atom. The Hall–Kier alpha value is -8.07. The number of rotatable bonds is 13. The van der Waals surface area contributed by atoms with E-state index >= 15 is 0 Å². The summed E-state index contributed by atoms with van der Waals surface area (Å²) in [5.74, 6) is 5.38. The van der Waals surface area contributed by atoms with E-state index < -0.39 is 0 Å². The third kappa shape index (κ3) is 14.1. The maximum absolute atomic E-state index is 6.32. The number of piperidine rings is 3. The maximum Gasteiger partial charge on any atom is 0.203 e. The van der Waals surface area contributed by atoms with Gasteiger partial charge in [-0.2, -0.15) is 15.3 Å². The lowest BCUT2D eigenvalue weighted by atomic mass is 9.91. The smallest absolute Gasteiger partial charge is 0.203 e. The minimum absolute atomic E-state index is 0.0901. The molecular weight excluding hydrogens is 1200 g/mol. The molecule has 0 aliphatic carbocycles. The zero-order valence-corrected chi connectivity index (χ0v) is 51.7. The molecule has 27 heteroatoms. The molecule has 10 aromatic rings. The van der Waals surface area contributed by atoms with Gasteiger partial charge in [-0.1, -0.05) is 47.5 Å². The third-order valence-corrected chi connectivity index (χ3v) is 16.9. The van der Waals surface area contributed by atoms with Crippen LogP contribution in [0.2, 0.25) is 10.3 Å². The predicted molar refractivity (Wildman–Crippen MR) is 341 cm³/mol. The number of nitrogens with zero attached hydrogens (tertiary/aromatic N) is 16. The van der Waals surface area contributed by atoms with E-state index in [-0.39, 0.29) is 16.6 Å². The van der Waals surface area contributed by atoms with E-state index in [1.165, 1.54) is 0 Å². The fraction of sp³-hybridized carbons (Fsp3) is 0.373. The van der Waals surface area contributed by atoms with Crippen LogP contribution in [0.4, 0.5) is 40.5 Å². The Morgan fingerprint density at radius 1 is 0.547 bits per heavy atom. The van der Waals surface area contributed by atoms with Crippen molar-refractivity contribution >= 4 is 113 Å². The van der Waals surface area contributed by atoms with Crippen molar-refractivity contribution < 1.29 is 9.47 Å². The molecule has 0 radical (unpaired) electrons. The predicted octanol–water partition coefficient (Wildman–Crippen LogP) is 9.42. The van der Waals surface area contributed by atoms with Gasteiger partial charge < -0.3 is 52.0 Å². The molecule has 0 spiro atoms. The van der Waals surface area contributed by atoms with E-state index in [0.717, 1.165) is 129 Å². The van der Waals surface area contributed by atoms with Crippen LogP contribution in [-0.2, 0) is 13.1 Å². The van der Waals surface area contributed by atoms with Crippen molar-refractivity contribution in [3.8, 4) is 11.5 Å². The summed E-state index contributed by atoms with van der Waals surface area (Å²) in [5, 5.41) is 23.7. The Balaban J connectivity index is 0.000000136. The number of pyridine rings is 2. The van der Waals surface area contributed by atoms with Crippen LogP contribution in [0.15, 0.2) is 108 Å². The number of aromatic nitrogens is 14. The lowest BCUT2D eigenvalue weighted by Gasteiger charge is -2.37. The Morgan fingerprint density at radius 3 is 1.43 bits per heavy atom. The molecule has 3 fully saturated rings. The van der Waals surface area contributed by atoms with Crippen molar-refractivity contribution in [2.75, 3.05) is 78.8 Å². The molecule has 24 nitrogen and oxygen atoms in total. The molecule has 13 rings (SSSR count). The van der Waals surface area contributed by atoms with Crippen LogP contribution in [0.25, 0.3) is 33.5 Å². The summed E-state index contributed by atoms with van der Waals surface area (Å²) in [4.78, 5) is 43.2. The molecule has 0 amide bonds. The van der Waals surface area contributed by atoms with Gasteiger partial charge in [-0.25, -0.2) is 49.2 Å². The van der Waals surface area contributed by atoms with Gasteiger partial charge in [-0.3, -0.25) is 5.10 Å². The summed E-state index contributed by atoms with van der Waals surface area (Å²) >= 11 is 15.9. The van der Waals surface area contributed by atoms with Crippen molar-refractivity contribution in [3.05, 3.63) is 130 Å². The number of hydrogen-bond acceptors (Lipinski definition) is 21. The molecule has 8 aromatic heterocycles. The van der Waals surface area contributed by atoms with Gasteiger partial charge in [0.05, 0.1) is 57.3 Å². The van der Waals surface area contributed by atoms with Gasteiger partial charge in [0, 0.05) is 68.3 Å². The summed E-state index contributed by atoms with van der Waals surface area (Å²) in [5.41, 5.74) is 26.1. The van der Waals surface area contributed by atoms with Gasteiger partial charge in [0.1, 0.15) is 34.5 Å². The van der Waals surface area contributed by atoms with Crippen LogP contribution in [0.3, 0.4) is 0 Å². The number of fused-ring (bicyclic) bond motifs is 3. The number of ether oxygens (including phenoxy) is 2. The third-order valence-electron chi connectivity index (χ3n) is 15.8. The lowest BCUT2D eigenvalue weighted by molar-refractivity contribution is 0.363. The van der Waals surface area contributed by atoms with E-state index in [9.17, 15) is 0 Å². The molecular formula is C59H69BrCl2N22O2. The zero-order chi connectivity index (χ0) is 60.2. The quantitative estimate of drug-likeness (QED) is 0.0586. The van der Waals surface area contributed by atoms with Crippen LogP contribution < -0.4 is 52.0 Å². The summed E-state index contributed by atoms with van der Waals surface area (Å²) in [6.07, 6.45) is 14.2. The standard InChI is InChI=1S/C24H27ClN8O.C19H23BrN6O.C16H19ClN8/c1-24(26)9-12-32(13-10-24)19-14-28-20-22(29-18-4-3-11-27-21(18)25)31-33(23(20)30-19)15-16-5-7-17(34-2)8-6-16;1-19(21)7-9-25(10-8-19)15-11-22-16-17(20)24-26(18(16)23-15)12-13-3-5-14(27-2)6-4-13;1-16(18)4-7-25(8-5-16)11-9-20-12-14(23-24-15(12)22-11)21-10-3-2-6-19-13(10)17/h3-8,11,14H,9-10,12-13,15,26H2,1-2H3,(H,29,31);3-6,11H,7-10,12,21H2,1-2H3;2-3,6,9H,4-5,7-8,18H2,1H3,(H2,21,22,23,24). The lowest BCUT2D eigenvalue weighted by Crippen LogP contribution is -2.48. The molecule has 0 unspecified atom stereocenters. The van der Waals surface area contributed by atoms with Gasteiger partial charge in [0.2, 0.25) is 5.65 Å². The number of anilines is 7. The first-order valence-electron chi connectivity index (χ1n) is 28.3. The van der Waals surface area contributed by atoms with E-state index in [2.05, 4.69) is 102 Å². The number of aromatic amines is 1. The number of benzene rings is 2. The number of methoxy groups -OCH3 is 2. The van der Waals surface area contributed by atoms with Crippen molar-refractivity contribution in [2.24, 2.45) is 17.2 Å². The van der Waals surface area contributed by atoms with Crippen molar-refractivity contribution in [2.45, 2.75) is 89.0 Å². The maximum atomic E-state index is 6.32. The van der Waals surface area contributed by atoms with Gasteiger partial charge in [0.15, 0.2) is 48.9 Å². The molecule has 3 aliphatic rings. The second-order valence-corrected chi connectivity index (χ2v) is 24.3. The molecule has 0 saturated carbocycles. The van der Waals surface area contributed by atoms with Gasteiger partial charge >= 0.3 is 0 Å². The molecule has 3 aliphatic heterocycles. The number of halogens is 3. The van der Waals surface area contributed by atoms with Crippen LogP contribution in [-0.4, -0.2) is 140 Å². The normalized spacial score (nSPS) is 16.3. The summed E-state index contributed by atoms with van der Waals surface area (Å²) in [6.45, 7) is 12.7. The van der Waals surface area contributed by atoms with Crippen LogP contribution in [0, 0.1) is 0 Å². The topological polar surface area (TPSA) is 298 Å². The van der Waals surface area contributed by atoms with E-state index in [4.69, 9.17) is 69.9 Å². The SMILES string of the molecule is CC1(N)CCN(c2cnc3c(Nc4cccnc4Cl)[nH]nc3n2)CC1.COc1ccc(Cn2nc(Br)c3ncc(N4CCC(C)(N)CC4)nc32)cc1.COc1ccc(Cn2nc(Nc3cccnc3Cl)c3ncc(N4CCC(C)(N)CC4)nc32)cc1. The van der Waals surface area contributed by atoms with Crippen LogP contribution in [0.1, 0.15) is 70.4 Å². The van der Waals surface area contributed by atoms with Crippen LogP contribution >= 0.6 is 39.1 Å². The summed E-state index contributed by atoms with van der Waals surface area (Å²) < 4.78 is 15.0. The van der Waals surface area contributed by atoms with E-state index in [0.29, 0.717) is 73.3 Å². The first-order valence-corrected chi connectivity index (χ1v) is 29.9. The molecule has 0 bridgehead atoms. The molecule has 11 heterocycles. The molecule has 3 saturated heterocycles. The molecule has 2 aromatic carbocycles. The molecule has 448 valence electrons. The number of hydrogen-bond donors (Lipinski definition) is 6. The van der Waals surface area contributed by atoms with Gasteiger partial charge in [-0.15, -0.1) is 0 Å². The molecule has 0 atom stereocenters. The Bertz CT molecular complexity index is 3940. The number of H-pyrrole nitrogens is 1. The number of nitrogens with one attached hydrogen (secondary N) is 3. The Kier molecular flexibility index (Phi) is 17.7. The summed E-state index contributed by atoms with van der Waals surface area (Å²) in [6, 6.07) is 23.2. The van der Waals surface area contributed by atoms with Crippen LogP contribution in [0.5, 0.6) is 11.5 Å². The number of nitrogens with two attached hydrogens (primary N) is 3.